The number of benzene rings is 2. The third kappa shape index (κ3) is 4.11. The van der Waals surface area contributed by atoms with Gasteiger partial charge in [0.2, 0.25) is 5.91 Å². The molecule has 1 saturated heterocycles. The van der Waals surface area contributed by atoms with Crippen molar-refractivity contribution in [2.45, 2.75) is 18.8 Å². The number of H-pyrrole nitrogens is 1. The average Bonchev–Trinajstić information content (AvgIpc) is 3.13. The highest BCUT2D eigenvalue weighted by Gasteiger charge is 2.25. The molecule has 0 aliphatic carbocycles. The number of hydrogen-bond donors (Lipinski definition) is 2. The first-order chi connectivity index (χ1) is 13.2. The zero-order valence-corrected chi connectivity index (χ0v) is 15.4. The van der Waals surface area contributed by atoms with E-state index in [-0.39, 0.29) is 5.91 Å². The molecule has 0 saturated carbocycles. The second-order valence-corrected chi connectivity index (χ2v) is 6.99. The van der Waals surface area contributed by atoms with Gasteiger partial charge in [0.25, 0.3) is 0 Å². The number of rotatable bonds is 5. The highest BCUT2D eigenvalue weighted by atomic mass is 16.5. The summed E-state index contributed by atoms with van der Waals surface area (Å²) in [6, 6.07) is 15.5. The Morgan fingerprint density at radius 2 is 2.07 bits per heavy atom. The van der Waals surface area contributed by atoms with Gasteiger partial charge >= 0.3 is 0 Å². The number of amides is 1. The Bertz CT molecular complexity index is 886. The van der Waals surface area contributed by atoms with E-state index in [2.05, 4.69) is 21.3 Å². The number of piperidine rings is 1. The number of fused-ring (bicyclic) bond motifs is 1. The highest BCUT2D eigenvalue weighted by molar-refractivity contribution is 5.92. The normalized spacial score (nSPS) is 17.7. The van der Waals surface area contributed by atoms with Crippen LogP contribution in [0.4, 0.5) is 5.69 Å². The maximum Gasteiger partial charge on any atom is 0.238 e. The van der Waals surface area contributed by atoms with E-state index in [1.165, 1.54) is 0 Å². The number of para-hydroxylation sites is 2. The molecule has 1 aliphatic heterocycles. The van der Waals surface area contributed by atoms with Gasteiger partial charge in [-0.15, -0.1) is 0 Å². The van der Waals surface area contributed by atoms with Crippen LogP contribution in [0.25, 0.3) is 11.0 Å². The van der Waals surface area contributed by atoms with Crippen LogP contribution in [0, 0.1) is 0 Å². The molecule has 140 valence electrons. The minimum Gasteiger partial charge on any atom is -0.497 e. The Kier molecular flexibility index (Phi) is 5.07. The molecule has 0 bridgehead atoms. The summed E-state index contributed by atoms with van der Waals surface area (Å²) >= 11 is 0. The molecule has 3 aromatic rings. The van der Waals surface area contributed by atoms with Crippen LogP contribution in [-0.2, 0) is 4.79 Å². The second kappa shape index (κ2) is 7.80. The number of ether oxygens (including phenoxy) is 1. The van der Waals surface area contributed by atoms with E-state index in [0.717, 1.165) is 54.2 Å². The molecule has 1 atom stereocenters. The summed E-state index contributed by atoms with van der Waals surface area (Å²) in [6.45, 7) is 2.17. The first-order valence-corrected chi connectivity index (χ1v) is 9.32. The lowest BCUT2D eigenvalue weighted by molar-refractivity contribution is -0.117. The molecule has 6 nitrogen and oxygen atoms in total. The molecule has 2 heterocycles. The Labute approximate surface area is 158 Å². The SMILES string of the molecule is COc1ccc(NC(=O)CN2CCCC(c3nc4ccccc4[nH]3)C2)cc1. The van der Waals surface area contributed by atoms with Crippen molar-refractivity contribution in [3.8, 4) is 5.75 Å². The Morgan fingerprint density at radius 3 is 2.85 bits per heavy atom. The minimum atomic E-state index is 0.00502. The van der Waals surface area contributed by atoms with Gasteiger partial charge in [-0.2, -0.15) is 0 Å². The number of hydrogen-bond acceptors (Lipinski definition) is 4. The van der Waals surface area contributed by atoms with Crippen molar-refractivity contribution in [1.29, 1.82) is 0 Å². The molecular formula is C21H24N4O2. The number of methoxy groups -OCH3 is 1. The summed E-state index contributed by atoms with van der Waals surface area (Å²) in [6.07, 6.45) is 2.16. The zero-order valence-electron chi connectivity index (χ0n) is 15.4. The van der Waals surface area contributed by atoms with Crippen molar-refractivity contribution in [1.82, 2.24) is 14.9 Å². The van der Waals surface area contributed by atoms with Gasteiger partial charge in [-0.25, -0.2) is 4.98 Å². The molecule has 4 rings (SSSR count). The zero-order chi connectivity index (χ0) is 18.6. The van der Waals surface area contributed by atoms with E-state index < -0.39 is 0 Å². The smallest absolute Gasteiger partial charge is 0.238 e. The van der Waals surface area contributed by atoms with E-state index in [1.807, 2.05) is 42.5 Å². The van der Waals surface area contributed by atoms with Gasteiger partial charge in [-0.1, -0.05) is 12.1 Å². The van der Waals surface area contributed by atoms with E-state index in [4.69, 9.17) is 9.72 Å². The Balaban J connectivity index is 1.36. The lowest BCUT2D eigenvalue weighted by Gasteiger charge is -2.31. The standard InChI is InChI=1S/C21H24N4O2/c1-27-17-10-8-16(9-11-17)22-20(26)14-25-12-4-5-15(13-25)21-23-18-6-2-3-7-19(18)24-21/h2-3,6-11,15H,4-5,12-14H2,1H3,(H,22,26)(H,23,24). The van der Waals surface area contributed by atoms with Crippen molar-refractivity contribution in [2.24, 2.45) is 0 Å². The monoisotopic (exact) mass is 364 g/mol. The van der Waals surface area contributed by atoms with Gasteiger partial charge in [-0.3, -0.25) is 9.69 Å². The summed E-state index contributed by atoms with van der Waals surface area (Å²) in [4.78, 5) is 22.8. The van der Waals surface area contributed by atoms with Gasteiger partial charge in [0, 0.05) is 18.2 Å². The van der Waals surface area contributed by atoms with Crippen LogP contribution in [0.1, 0.15) is 24.6 Å². The lowest BCUT2D eigenvalue weighted by atomic mass is 9.97. The fourth-order valence-corrected chi connectivity index (χ4v) is 3.67. The molecule has 0 radical (unpaired) electrons. The van der Waals surface area contributed by atoms with Gasteiger partial charge in [0.05, 0.1) is 24.7 Å². The number of carbonyl (C=O) groups excluding carboxylic acids is 1. The van der Waals surface area contributed by atoms with Crippen LogP contribution < -0.4 is 10.1 Å². The van der Waals surface area contributed by atoms with Crippen molar-refractivity contribution in [3.05, 3.63) is 54.4 Å². The number of imidazole rings is 1. The highest BCUT2D eigenvalue weighted by Crippen LogP contribution is 2.26. The maximum atomic E-state index is 12.4. The van der Waals surface area contributed by atoms with Crippen LogP contribution in [0.3, 0.4) is 0 Å². The fourth-order valence-electron chi connectivity index (χ4n) is 3.67. The van der Waals surface area contributed by atoms with Crippen molar-refractivity contribution in [2.75, 3.05) is 32.1 Å². The first kappa shape index (κ1) is 17.5. The lowest BCUT2D eigenvalue weighted by Crippen LogP contribution is -2.40. The molecule has 2 aromatic carbocycles. The van der Waals surface area contributed by atoms with E-state index in [0.29, 0.717) is 12.5 Å². The molecule has 1 aromatic heterocycles. The predicted octanol–water partition coefficient (Wildman–Crippen LogP) is 3.39. The van der Waals surface area contributed by atoms with Crippen LogP contribution in [-0.4, -0.2) is 47.5 Å². The summed E-state index contributed by atoms with van der Waals surface area (Å²) in [5, 5.41) is 2.96. The molecule has 27 heavy (non-hydrogen) atoms. The number of aromatic amines is 1. The minimum absolute atomic E-state index is 0.00502. The average molecular weight is 364 g/mol. The molecule has 0 spiro atoms. The first-order valence-electron chi connectivity index (χ1n) is 9.32. The van der Waals surface area contributed by atoms with Crippen LogP contribution >= 0.6 is 0 Å². The number of anilines is 1. The molecular weight excluding hydrogens is 340 g/mol. The number of aromatic nitrogens is 2. The number of carbonyl (C=O) groups is 1. The van der Waals surface area contributed by atoms with Gasteiger partial charge in [-0.05, 0) is 55.8 Å². The number of likely N-dealkylation sites (tertiary alicyclic amines) is 1. The van der Waals surface area contributed by atoms with Gasteiger partial charge < -0.3 is 15.0 Å². The quantitative estimate of drug-likeness (QED) is 0.728. The summed E-state index contributed by atoms with van der Waals surface area (Å²) < 4.78 is 5.14. The summed E-state index contributed by atoms with van der Waals surface area (Å²) in [7, 11) is 1.63. The summed E-state index contributed by atoms with van der Waals surface area (Å²) in [5.74, 6) is 2.14. The van der Waals surface area contributed by atoms with Crippen molar-refractivity contribution < 1.29 is 9.53 Å². The van der Waals surface area contributed by atoms with Crippen molar-refractivity contribution >= 4 is 22.6 Å². The molecule has 1 aliphatic rings. The van der Waals surface area contributed by atoms with Gasteiger partial charge in [0.15, 0.2) is 0 Å². The largest absolute Gasteiger partial charge is 0.497 e. The third-order valence-electron chi connectivity index (χ3n) is 5.04. The van der Waals surface area contributed by atoms with Crippen LogP contribution in [0.5, 0.6) is 5.75 Å². The number of nitrogens with zero attached hydrogens (tertiary/aromatic N) is 2. The van der Waals surface area contributed by atoms with Crippen molar-refractivity contribution in [3.63, 3.8) is 0 Å². The topological polar surface area (TPSA) is 70.2 Å². The molecule has 1 amide bonds. The molecule has 6 heteroatoms. The fraction of sp³-hybridized carbons (Fsp3) is 0.333. The van der Waals surface area contributed by atoms with E-state index in [9.17, 15) is 4.79 Å². The molecule has 1 unspecified atom stereocenters. The predicted molar refractivity (Wildman–Crippen MR) is 106 cm³/mol. The Hall–Kier alpha value is -2.86. The van der Waals surface area contributed by atoms with Crippen LogP contribution in [0.2, 0.25) is 0 Å². The number of nitrogens with one attached hydrogen (secondary N) is 2. The third-order valence-corrected chi connectivity index (χ3v) is 5.04. The summed E-state index contributed by atoms with van der Waals surface area (Å²) in [5.41, 5.74) is 2.86. The van der Waals surface area contributed by atoms with E-state index >= 15 is 0 Å². The second-order valence-electron chi connectivity index (χ2n) is 6.99. The van der Waals surface area contributed by atoms with Gasteiger partial charge in [0.1, 0.15) is 11.6 Å². The van der Waals surface area contributed by atoms with E-state index in [1.54, 1.807) is 7.11 Å². The molecule has 2 N–H and O–H groups in total. The Morgan fingerprint density at radius 1 is 1.26 bits per heavy atom. The molecule has 1 fully saturated rings. The maximum absolute atomic E-state index is 12.4. The van der Waals surface area contributed by atoms with Crippen LogP contribution in [0.15, 0.2) is 48.5 Å².